The van der Waals surface area contributed by atoms with Crippen LogP contribution in [0.3, 0.4) is 0 Å². The van der Waals surface area contributed by atoms with Crippen LogP contribution in [-0.4, -0.2) is 62.7 Å². The zero-order valence-corrected chi connectivity index (χ0v) is 18.7. The highest BCUT2D eigenvalue weighted by molar-refractivity contribution is 7.91. The highest BCUT2D eigenvalue weighted by atomic mass is 32.2. The summed E-state index contributed by atoms with van der Waals surface area (Å²) in [6.07, 6.45) is 0.502. The van der Waals surface area contributed by atoms with Crippen LogP contribution in [-0.2, 0) is 9.84 Å². The molecule has 2 unspecified atom stereocenters. The van der Waals surface area contributed by atoms with E-state index < -0.39 is 21.5 Å². The van der Waals surface area contributed by atoms with E-state index in [2.05, 4.69) is 10.2 Å². The molecule has 2 aliphatic heterocycles. The summed E-state index contributed by atoms with van der Waals surface area (Å²) in [4.78, 5) is 16.6. The van der Waals surface area contributed by atoms with Crippen LogP contribution < -0.4 is 5.32 Å². The molecule has 4 rings (SSSR count). The number of urea groups is 1. The van der Waals surface area contributed by atoms with Crippen molar-refractivity contribution < 1.29 is 22.0 Å². The quantitative estimate of drug-likeness (QED) is 0.695. The van der Waals surface area contributed by atoms with Gasteiger partial charge in [0, 0.05) is 37.9 Å². The highest BCUT2D eigenvalue weighted by Gasteiger charge is 2.41. The Hall–Kier alpha value is -3.03. The largest absolute Gasteiger partial charge is 0.324 e. The molecule has 2 heterocycles. The summed E-state index contributed by atoms with van der Waals surface area (Å²) in [5, 5.41) is 11.4. The molecule has 2 saturated heterocycles. The van der Waals surface area contributed by atoms with E-state index >= 15 is 0 Å². The fourth-order valence-electron chi connectivity index (χ4n) is 4.55. The number of amides is 2. The molecule has 1 N–H and O–H groups in total. The first-order valence-electron chi connectivity index (χ1n) is 10.7. The molecule has 2 aromatic carbocycles. The SMILES string of the molecule is N#Cc1ccc(S(=O)(=O)CCCN2CC3CN(C(=O)Nc4ccc(F)c(F)c4)CC3C2)cc1. The van der Waals surface area contributed by atoms with Crippen molar-refractivity contribution in [3.05, 3.63) is 59.7 Å². The van der Waals surface area contributed by atoms with Crippen LogP contribution in [0.15, 0.2) is 47.4 Å². The van der Waals surface area contributed by atoms with Gasteiger partial charge in [0.25, 0.3) is 0 Å². The summed E-state index contributed by atoms with van der Waals surface area (Å²) in [6, 6.07) is 10.8. The van der Waals surface area contributed by atoms with Gasteiger partial charge in [-0.1, -0.05) is 0 Å². The Kier molecular flexibility index (Phi) is 6.63. The monoisotopic (exact) mass is 474 g/mol. The van der Waals surface area contributed by atoms with Crippen LogP contribution in [0.4, 0.5) is 19.3 Å². The highest BCUT2D eigenvalue weighted by Crippen LogP contribution is 2.31. The Bertz CT molecular complexity index is 1170. The van der Waals surface area contributed by atoms with Crippen LogP contribution in [0.2, 0.25) is 0 Å². The number of fused-ring (bicyclic) bond motifs is 1. The smallest absolute Gasteiger partial charge is 0.321 e. The molecule has 0 aliphatic carbocycles. The number of nitriles is 1. The van der Waals surface area contributed by atoms with Gasteiger partial charge in [0.1, 0.15) is 0 Å². The number of nitrogens with one attached hydrogen (secondary N) is 1. The number of carbonyl (C=O) groups excluding carboxylic acids is 1. The number of nitrogens with zero attached hydrogens (tertiary/aromatic N) is 3. The number of anilines is 1. The molecular formula is C23H24F2N4O3S. The molecule has 0 bridgehead atoms. The van der Waals surface area contributed by atoms with E-state index in [4.69, 9.17) is 5.26 Å². The second-order valence-corrected chi connectivity index (χ2v) is 10.7. The summed E-state index contributed by atoms with van der Waals surface area (Å²) < 4.78 is 51.4. The number of halogens is 2. The minimum atomic E-state index is -3.40. The number of hydrogen-bond donors (Lipinski definition) is 1. The minimum Gasteiger partial charge on any atom is -0.324 e. The molecule has 33 heavy (non-hydrogen) atoms. The van der Waals surface area contributed by atoms with Crippen molar-refractivity contribution in [3.8, 4) is 6.07 Å². The molecule has 10 heteroatoms. The Morgan fingerprint density at radius 1 is 1.03 bits per heavy atom. The number of likely N-dealkylation sites (tertiary alicyclic amines) is 2. The Labute approximate surface area is 191 Å². The predicted octanol–water partition coefficient (Wildman–Crippen LogP) is 3.10. The van der Waals surface area contributed by atoms with Gasteiger partial charge in [-0.15, -0.1) is 0 Å². The third kappa shape index (κ3) is 5.31. The molecule has 0 saturated carbocycles. The standard InChI is InChI=1S/C23H24F2N4O3S/c24-21-7-4-19(10-22(21)25)27-23(30)29-14-17-12-28(13-18(17)15-29)8-1-9-33(31,32)20-5-2-16(11-26)3-6-20/h2-7,10,17-18H,1,8-9,12-15H2,(H,27,30). The van der Waals surface area contributed by atoms with Crippen molar-refractivity contribution in [2.45, 2.75) is 11.3 Å². The van der Waals surface area contributed by atoms with Gasteiger partial charge in [-0.25, -0.2) is 22.0 Å². The Balaban J connectivity index is 1.23. The third-order valence-corrected chi connectivity index (χ3v) is 8.07. The molecule has 2 aromatic rings. The topological polar surface area (TPSA) is 93.5 Å². The Morgan fingerprint density at radius 3 is 2.30 bits per heavy atom. The van der Waals surface area contributed by atoms with E-state index in [1.54, 1.807) is 4.90 Å². The molecule has 7 nitrogen and oxygen atoms in total. The van der Waals surface area contributed by atoms with E-state index in [9.17, 15) is 22.0 Å². The van der Waals surface area contributed by atoms with Gasteiger partial charge in [-0.2, -0.15) is 5.26 Å². The summed E-state index contributed by atoms with van der Waals surface area (Å²) in [6.45, 7) is 3.37. The number of rotatable bonds is 6. The van der Waals surface area contributed by atoms with Crippen LogP contribution in [0.5, 0.6) is 0 Å². The third-order valence-electron chi connectivity index (χ3n) is 6.25. The molecule has 2 amide bonds. The lowest BCUT2D eigenvalue weighted by atomic mass is 10.0. The summed E-state index contributed by atoms with van der Waals surface area (Å²) >= 11 is 0. The molecular weight excluding hydrogens is 450 g/mol. The predicted molar refractivity (Wildman–Crippen MR) is 118 cm³/mol. The van der Waals surface area contributed by atoms with Gasteiger partial charge < -0.3 is 15.1 Å². The van der Waals surface area contributed by atoms with E-state index in [1.807, 2.05) is 6.07 Å². The van der Waals surface area contributed by atoms with Gasteiger partial charge in [0.2, 0.25) is 0 Å². The molecule has 0 spiro atoms. The molecule has 2 aliphatic rings. The first-order chi connectivity index (χ1) is 15.7. The van der Waals surface area contributed by atoms with Gasteiger partial charge in [-0.05, 0) is 61.2 Å². The zero-order valence-electron chi connectivity index (χ0n) is 17.9. The first kappa shape index (κ1) is 23.1. The van der Waals surface area contributed by atoms with E-state index in [0.717, 1.165) is 25.2 Å². The second-order valence-electron chi connectivity index (χ2n) is 8.55. The molecule has 2 fully saturated rings. The van der Waals surface area contributed by atoms with E-state index in [1.165, 1.54) is 30.3 Å². The van der Waals surface area contributed by atoms with Crippen LogP contribution in [0.25, 0.3) is 0 Å². The van der Waals surface area contributed by atoms with Gasteiger partial charge in [0.15, 0.2) is 21.5 Å². The molecule has 0 radical (unpaired) electrons. The normalized spacial score (nSPS) is 20.5. The maximum absolute atomic E-state index is 13.3. The minimum absolute atomic E-state index is 0.0352. The van der Waals surface area contributed by atoms with Crippen LogP contribution in [0.1, 0.15) is 12.0 Å². The molecule has 2 atom stereocenters. The number of sulfone groups is 1. The van der Waals surface area contributed by atoms with Gasteiger partial charge in [0.05, 0.1) is 22.3 Å². The van der Waals surface area contributed by atoms with Crippen molar-refractivity contribution in [2.75, 3.05) is 43.8 Å². The number of benzene rings is 2. The number of hydrogen-bond acceptors (Lipinski definition) is 5. The first-order valence-corrected chi connectivity index (χ1v) is 12.4. The lowest BCUT2D eigenvalue weighted by molar-refractivity contribution is 0.212. The van der Waals surface area contributed by atoms with Crippen LogP contribution >= 0.6 is 0 Å². The summed E-state index contributed by atoms with van der Waals surface area (Å²) in [5.74, 6) is -1.34. The van der Waals surface area contributed by atoms with Crippen LogP contribution in [0, 0.1) is 34.8 Å². The number of carbonyl (C=O) groups is 1. The van der Waals surface area contributed by atoms with E-state index in [0.29, 0.717) is 43.5 Å². The second kappa shape index (κ2) is 9.45. The van der Waals surface area contributed by atoms with Crippen molar-refractivity contribution in [1.82, 2.24) is 9.80 Å². The lowest BCUT2D eigenvalue weighted by Crippen LogP contribution is -2.36. The Morgan fingerprint density at radius 2 is 1.70 bits per heavy atom. The summed E-state index contributed by atoms with van der Waals surface area (Å²) in [5.41, 5.74) is 0.631. The maximum Gasteiger partial charge on any atom is 0.321 e. The summed E-state index contributed by atoms with van der Waals surface area (Å²) in [7, 11) is -3.40. The van der Waals surface area contributed by atoms with Crippen molar-refractivity contribution in [3.63, 3.8) is 0 Å². The van der Waals surface area contributed by atoms with Crippen molar-refractivity contribution >= 4 is 21.6 Å². The lowest BCUT2D eigenvalue weighted by Gasteiger charge is -2.22. The fourth-order valence-corrected chi connectivity index (χ4v) is 5.84. The molecule has 174 valence electrons. The van der Waals surface area contributed by atoms with Gasteiger partial charge >= 0.3 is 6.03 Å². The average molecular weight is 475 g/mol. The van der Waals surface area contributed by atoms with Gasteiger partial charge in [-0.3, -0.25) is 0 Å². The fraction of sp³-hybridized carbons (Fsp3) is 0.391. The van der Waals surface area contributed by atoms with Crippen molar-refractivity contribution in [1.29, 1.82) is 5.26 Å². The zero-order chi connectivity index (χ0) is 23.6. The van der Waals surface area contributed by atoms with E-state index in [-0.39, 0.29) is 22.4 Å². The van der Waals surface area contributed by atoms with Crippen molar-refractivity contribution in [2.24, 2.45) is 11.8 Å². The maximum atomic E-state index is 13.3. The molecule has 0 aromatic heterocycles. The average Bonchev–Trinajstić information content (AvgIpc) is 3.35.